The van der Waals surface area contributed by atoms with Gasteiger partial charge in [0.25, 0.3) is 5.56 Å². The van der Waals surface area contributed by atoms with Gasteiger partial charge in [0.05, 0.1) is 19.3 Å². The molecule has 0 saturated heterocycles. The standard InChI is InChI=1S/C18H20FN5O2/c1-2-3-16(25)20-8-9-24-17-15(10-22-24)18(26)23(12-21-17)11-13-4-6-14(19)7-5-13/h4-7,10,12H,2-3,8-9,11H2,1H3,(H,20,25). The number of halogens is 1. The van der Waals surface area contributed by atoms with Crippen LogP contribution in [0.1, 0.15) is 25.3 Å². The molecule has 0 bridgehead atoms. The molecular weight excluding hydrogens is 337 g/mol. The summed E-state index contributed by atoms with van der Waals surface area (Å²) in [7, 11) is 0. The van der Waals surface area contributed by atoms with E-state index in [4.69, 9.17) is 0 Å². The Bertz CT molecular complexity index is 962. The Labute approximate surface area is 149 Å². The molecule has 7 nitrogen and oxygen atoms in total. The number of amides is 1. The van der Waals surface area contributed by atoms with Crippen molar-refractivity contribution in [3.05, 3.63) is 58.5 Å². The average Bonchev–Trinajstić information content (AvgIpc) is 3.03. The van der Waals surface area contributed by atoms with Crippen molar-refractivity contribution in [1.82, 2.24) is 24.6 Å². The van der Waals surface area contributed by atoms with Crippen LogP contribution in [0.2, 0.25) is 0 Å². The van der Waals surface area contributed by atoms with Crippen molar-refractivity contribution in [3.8, 4) is 0 Å². The number of nitrogens with one attached hydrogen (secondary N) is 1. The van der Waals surface area contributed by atoms with E-state index < -0.39 is 0 Å². The molecule has 0 unspecified atom stereocenters. The van der Waals surface area contributed by atoms with Gasteiger partial charge in [-0.05, 0) is 24.1 Å². The zero-order chi connectivity index (χ0) is 18.5. The van der Waals surface area contributed by atoms with Crippen LogP contribution in [0, 0.1) is 5.82 Å². The summed E-state index contributed by atoms with van der Waals surface area (Å²) in [5, 5.41) is 7.42. The van der Waals surface area contributed by atoms with Gasteiger partial charge in [-0.25, -0.2) is 14.1 Å². The summed E-state index contributed by atoms with van der Waals surface area (Å²) in [5.74, 6) is -0.319. The summed E-state index contributed by atoms with van der Waals surface area (Å²) in [4.78, 5) is 28.4. The van der Waals surface area contributed by atoms with Crippen LogP contribution in [-0.2, 0) is 17.9 Å². The average molecular weight is 357 g/mol. The highest BCUT2D eigenvalue weighted by atomic mass is 19.1. The van der Waals surface area contributed by atoms with E-state index in [1.807, 2.05) is 6.92 Å². The molecule has 0 aliphatic rings. The minimum atomic E-state index is -0.318. The van der Waals surface area contributed by atoms with Crippen LogP contribution in [0.5, 0.6) is 0 Å². The minimum absolute atomic E-state index is 0.00132. The van der Waals surface area contributed by atoms with E-state index in [2.05, 4.69) is 15.4 Å². The SMILES string of the molecule is CCCC(=O)NCCn1ncc2c(=O)n(Cc3ccc(F)cc3)cnc21. The lowest BCUT2D eigenvalue weighted by Crippen LogP contribution is -2.27. The molecule has 136 valence electrons. The van der Waals surface area contributed by atoms with Crippen LogP contribution in [0.15, 0.2) is 41.6 Å². The minimum Gasteiger partial charge on any atom is -0.354 e. The Hall–Kier alpha value is -3.03. The molecule has 2 aromatic heterocycles. The Balaban J connectivity index is 1.75. The van der Waals surface area contributed by atoms with Gasteiger partial charge in [-0.2, -0.15) is 5.10 Å². The zero-order valence-electron chi connectivity index (χ0n) is 14.5. The van der Waals surface area contributed by atoms with Gasteiger partial charge in [0, 0.05) is 13.0 Å². The van der Waals surface area contributed by atoms with Gasteiger partial charge in [0.2, 0.25) is 5.91 Å². The molecular formula is C18H20FN5O2. The van der Waals surface area contributed by atoms with Crippen molar-refractivity contribution in [1.29, 1.82) is 0 Å². The summed E-state index contributed by atoms with van der Waals surface area (Å²) in [5.41, 5.74) is 1.08. The fourth-order valence-corrected chi connectivity index (χ4v) is 2.68. The lowest BCUT2D eigenvalue weighted by molar-refractivity contribution is -0.121. The summed E-state index contributed by atoms with van der Waals surface area (Å²) in [6.45, 7) is 3.12. The predicted octanol–water partition coefficient (Wildman–Crippen LogP) is 1.70. The van der Waals surface area contributed by atoms with Crippen molar-refractivity contribution in [2.45, 2.75) is 32.9 Å². The largest absolute Gasteiger partial charge is 0.354 e. The first-order valence-corrected chi connectivity index (χ1v) is 8.50. The van der Waals surface area contributed by atoms with Crippen molar-refractivity contribution in [2.75, 3.05) is 6.54 Å². The molecule has 26 heavy (non-hydrogen) atoms. The van der Waals surface area contributed by atoms with E-state index in [1.54, 1.807) is 16.8 Å². The Morgan fingerprint density at radius 1 is 1.27 bits per heavy atom. The summed E-state index contributed by atoms with van der Waals surface area (Å²) < 4.78 is 16.1. The fraction of sp³-hybridized carbons (Fsp3) is 0.333. The first-order valence-electron chi connectivity index (χ1n) is 8.50. The third kappa shape index (κ3) is 3.96. The van der Waals surface area contributed by atoms with Crippen LogP contribution in [0.3, 0.4) is 0 Å². The third-order valence-corrected chi connectivity index (χ3v) is 4.01. The number of rotatable bonds is 7. The van der Waals surface area contributed by atoms with E-state index in [-0.39, 0.29) is 17.3 Å². The van der Waals surface area contributed by atoms with E-state index in [1.165, 1.54) is 29.2 Å². The molecule has 0 spiro atoms. The second-order valence-electron chi connectivity index (χ2n) is 6.01. The van der Waals surface area contributed by atoms with Gasteiger partial charge >= 0.3 is 0 Å². The molecule has 0 aliphatic heterocycles. The van der Waals surface area contributed by atoms with Crippen molar-refractivity contribution in [3.63, 3.8) is 0 Å². The van der Waals surface area contributed by atoms with E-state index in [9.17, 15) is 14.0 Å². The summed E-state index contributed by atoms with van der Waals surface area (Å²) in [6.07, 6.45) is 4.24. The monoisotopic (exact) mass is 357 g/mol. The van der Waals surface area contributed by atoms with Crippen molar-refractivity contribution >= 4 is 16.9 Å². The van der Waals surface area contributed by atoms with Gasteiger partial charge < -0.3 is 5.32 Å². The van der Waals surface area contributed by atoms with Crippen LogP contribution in [-0.4, -0.2) is 31.8 Å². The zero-order valence-corrected chi connectivity index (χ0v) is 14.5. The quantitative estimate of drug-likeness (QED) is 0.698. The van der Waals surface area contributed by atoms with Gasteiger partial charge in [0.1, 0.15) is 17.5 Å². The number of hydrogen-bond donors (Lipinski definition) is 1. The summed E-state index contributed by atoms with van der Waals surface area (Å²) in [6, 6.07) is 5.98. The normalized spacial score (nSPS) is 11.0. The fourth-order valence-electron chi connectivity index (χ4n) is 2.68. The highest BCUT2D eigenvalue weighted by molar-refractivity contribution is 5.75. The highest BCUT2D eigenvalue weighted by Crippen LogP contribution is 2.08. The number of hydrogen-bond acceptors (Lipinski definition) is 4. The van der Waals surface area contributed by atoms with E-state index in [0.29, 0.717) is 37.1 Å². The maximum Gasteiger partial charge on any atom is 0.264 e. The lowest BCUT2D eigenvalue weighted by Gasteiger charge is -2.07. The number of nitrogens with zero attached hydrogens (tertiary/aromatic N) is 4. The molecule has 1 aromatic carbocycles. The number of benzene rings is 1. The predicted molar refractivity (Wildman–Crippen MR) is 95.2 cm³/mol. The number of aromatic nitrogens is 4. The molecule has 8 heteroatoms. The Morgan fingerprint density at radius 3 is 2.77 bits per heavy atom. The molecule has 3 rings (SSSR count). The van der Waals surface area contributed by atoms with Crippen LogP contribution < -0.4 is 10.9 Å². The molecule has 0 fully saturated rings. The highest BCUT2D eigenvalue weighted by Gasteiger charge is 2.10. The molecule has 3 aromatic rings. The van der Waals surface area contributed by atoms with Crippen LogP contribution >= 0.6 is 0 Å². The second kappa shape index (κ2) is 7.90. The van der Waals surface area contributed by atoms with Crippen LogP contribution in [0.4, 0.5) is 4.39 Å². The van der Waals surface area contributed by atoms with Crippen molar-refractivity contribution in [2.24, 2.45) is 0 Å². The third-order valence-electron chi connectivity index (χ3n) is 4.01. The second-order valence-corrected chi connectivity index (χ2v) is 6.01. The molecule has 0 atom stereocenters. The molecule has 2 heterocycles. The van der Waals surface area contributed by atoms with Crippen LogP contribution in [0.25, 0.3) is 11.0 Å². The van der Waals surface area contributed by atoms with Gasteiger partial charge in [-0.15, -0.1) is 0 Å². The van der Waals surface area contributed by atoms with Crippen molar-refractivity contribution < 1.29 is 9.18 Å². The molecule has 1 amide bonds. The first kappa shape index (κ1) is 17.8. The molecule has 0 aliphatic carbocycles. The van der Waals surface area contributed by atoms with E-state index >= 15 is 0 Å². The number of carbonyl (C=O) groups excluding carboxylic acids is 1. The summed E-state index contributed by atoms with van der Waals surface area (Å²) >= 11 is 0. The smallest absolute Gasteiger partial charge is 0.264 e. The molecule has 0 radical (unpaired) electrons. The number of carbonyl (C=O) groups is 1. The first-order chi connectivity index (χ1) is 12.6. The van der Waals surface area contributed by atoms with Gasteiger partial charge in [-0.3, -0.25) is 14.2 Å². The Morgan fingerprint density at radius 2 is 2.04 bits per heavy atom. The maximum absolute atomic E-state index is 13.0. The maximum atomic E-state index is 13.0. The Kier molecular flexibility index (Phi) is 5.40. The van der Waals surface area contributed by atoms with Gasteiger partial charge in [0.15, 0.2) is 5.65 Å². The molecule has 1 N–H and O–H groups in total. The molecule has 0 saturated carbocycles. The topological polar surface area (TPSA) is 81.8 Å². The van der Waals surface area contributed by atoms with Gasteiger partial charge in [-0.1, -0.05) is 19.1 Å². The lowest BCUT2D eigenvalue weighted by atomic mass is 10.2. The van der Waals surface area contributed by atoms with E-state index in [0.717, 1.165) is 12.0 Å². The number of fused-ring (bicyclic) bond motifs is 1.